The van der Waals surface area contributed by atoms with Crippen LogP contribution >= 0.6 is 0 Å². The van der Waals surface area contributed by atoms with Crippen LogP contribution in [-0.2, 0) is 6.54 Å². The summed E-state index contributed by atoms with van der Waals surface area (Å²) in [6.45, 7) is 2.35. The van der Waals surface area contributed by atoms with E-state index in [1.807, 2.05) is 12.1 Å². The van der Waals surface area contributed by atoms with Crippen molar-refractivity contribution in [3.05, 3.63) is 71.7 Å². The summed E-state index contributed by atoms with van der Waals surface area (Å²) in [5.41, 5.74) is 1.68. The van der Waals surface area contributed by atoms with Crippen LogP contribution in [0.5, 0.6) is 5.75 Å². The van der Waals surface area contributed by atoms with Gasteiger partial charge in [0, 0.05) is 35.7 Å². The molecule has 0 atom stereocenters. The first-order valence-corrected chi connectivity index (χ1v) is 10.2. The van der Waals surface area contributed by atoms with Crippen LogP contribution in [0.1, 0.15) is 48.5 Å². The van der Waals surface area contributed by atoms with Gasteiger partial charge in [-0.05, 0) is 36.8 Å². The minimum absolute atomic E-state index is 0.0651. The molecule has 0 saturated carbocycles. The summed E-state index contributed by atoms with van der Waals surface area (Å²) >= 11 is 0. The third kappa shape index (κ3) is 5.81. The van der Waals surface area contributed by atoms with E-state index in [-0.39, 0.29) is 24.8 Å². The molecule has 154 valence electrons. The van der Waals surface area contributed by atoms with Gasteiger partial charge in [-0.3, -0.25) is 9.78 Å². The zero-order valence-electron chi connectivity index (χ0n) is 17.1. The number of fused-ring (bicyclic) bond motifs is 1. The van der Waals surface area contributed by atoms with Gasteiger partial charge in [0.1, 0.15) is 6.61 Å². The average Bonchev–Trinajstić information content (AvgIpc) is 2.78. The van der Waals surface area contributed by atoms with Crippen molar-refractivity contribution in [1.29, 1.82) is 0 Å². The molecule has 3 aromatic rings. The molecule has 0 radical (unpaired) electrons. The number of nitrogens with zero attached hydrogens (tertiary/aromatic N) is 1. The molecule has 0 aliphatic rings. The predicted octanol–water partition coefficient (Wildman–Crippen LogP) is 5.27. The van der Waals surface area contributed by atoms with E-state index in [0.717, 1.165) is 36.6 Å². The molecule has 0 bridgehead atoms. The summed E-state index contributed by atoms with van der Waals surface area (Å²) in [4.78, 5) is 16.7. The SMILES string of the molecule is CCCCCC#CCOc1cccc(CNC(=O)c2ccc3ncccc3c2)c1F. The highest BCUT2D eigenvalue weighted by Crippen LogP contribution is 2.20. The lowest BCUT2D eigenvalue weighted by Crippen LogP contribution is -2.23. The van der Waals surface area contributed by atoms with E-state index in [1.165, 1.54) is 0 Å². The summed E-state index contributed by atoms with van der Waals surface area (Å²) in [7, 11) is 0. The first-order valence-electron chi connectivity index (χ1n) is 10.2. The van der Waals surface area contributed by atoms with Crippen LogP contribution in [0.4, 0.5) is 4.39 Å². The summed E-state index contributed by atoms with van der Waals surface area (Å²) in [6.07, 6.45) is 5.92. The molecule has 2 aromatic carbocycles. The van der Waals surface area contributed by atoms with Gasteiger partial charge in [-0.25, -0.2) is 4.39 Å². The number of unbranched alkanes of at least 4 members (excludes halogenated alkanes) is 3. The van der Waals surface area contributed by atoms with Gasteiger partial charge < -0.3 is 10.1 Å². The molecule has 1 N–H and O–H groups in total. The Hall–Kier alpha value is -3.39. The molecule has 30 heavy (non-hydrogen) atoms. The van der Waals surface area contributed by atoms with Crippen molar-refractivity contribution in [2.45, 2.75) is 39.2 Å². The number of amides is 1. The van der Waals surface area contributed by atoms with Crippen molar-refractivity contribution in [2.24, 2.45) is 0 Å². The lowest BCUT2D eigenvalue weighted by Gasteiger charge is -2.10. The molecule has 0 saturated heterocycles. The second kappa shape index (κ2) is 11.0. The normalized spacial score (nSPS) is 10.3. The van der Waals surface area contributed by atoms with Crippen LogP contribution in [0.25, 0.3) is 10.9 Å². The fourth-order valence-corrected chi connectivity index (χ4v) is 3.02. The number of nitrogens with one attached hydrogen (secondary N) is 1. The van der Waals surface area contributed by atoms with Gasteiger partial charge in [0.05, 0.1) is 5.52 Å². The Kier molecular flexibility index (Phi) is 7.79. The van der Waals surface area contributed by atoms with Crippen molar-refractivity contribution in [1.82, 2.24) is 10.3 Å². The Bertz CT molecular complexity index is 1070. The van der Waals surface area contributed by atoms with E-state index in [2.05, 4.69) is 29.1 Å². The second-order valence-electron chi connectivity index (χ2n) is 6.92. The first kappa shape index (κ1) is 21.3. The fraction of sp³-hybridized carbons (Fsp3) is 0.280. The zero-order valence-corrected chi connectivity index (χ0v) is 17.1. The second-order valence-corrected chi connectivity index (χ2v) is 6.92. The van der Waals surface area contributed by atoms with Crippen molar-refractivity contribution < 1.29 is 13.9 Å². The van der Waals surface area contributed by atoms with Crippen LogP contribution in [0.2, 0.25) is 0 Å². The van der Waals surface area contributed by atoms with Crippen molar-refractivity contribution >= 4 is 16.8 Å². The number of rotatable bonds is 8. The standard InChI is InChI=1S/C25H25FN2O2/c1-2-3-4-5-6-7-16-30-23-12-8-10-21(24(23)26)18-28-25(29)20-13-14-22-19(17-20)11-9-15-27-22/h8-15,17H,2-5,16,18H2,1H3,(H,28,29). The van der Waals surface area contributed by atoms with Gasteiger partial charge in [0.2, 0.25) is 0 Å². The third-order valence-electron chi connectivity index (χ3n) is 4.68. The Morgan fingerprint density at radius 1 is 1.13 bits per heavy atom. The van der Waals surface area contributed by atoms with Crippen molar-refractivity contribution in [3.8, 4) is 17.6 Å². The number of hydrogen-bond donors (Lipinski definition) is 1. The molecule has 4 nitrogen and oxygen atoms in total. The minimum Gasteiger partial charge on any atom is -0.478 e. The average molecular weight is 404 g/mol. The number of pyridine rings is 1. The number of ether oxygens (including phenoxy) is 1. The summed E-state index contributed by atoms with van der Waals surface area (Å²) in [5, 5.41) is 3.64. The van der Waals surface area contributed by atoms with E-state index >= 15 is 0 Å². The van der Waals surface area contributed by atoms with E-state index in [1.54, 1.807) is 42.6 Å². The molecule has 0 fully saturated rings. The number of halogens is 1. The summed E-state index contributed by atoms with van der Waals surface area (Å²) in [6, 6.07) is 13.9. The van der Waals surface area contributed by atoms with Crippen LogP contribution in [0, 0.1) is 17.7 Å². The smallest absolute Gasteiger partial charge is 0.251 e. The maximum atomic E-state index is 14.7. The van der Waals surface area contributed by atoms with E-state index in [4.69, 9.17) is 4.74 Å². The van der Waals surface area contributed by atoms with Gasteiger partial charge >= 0.3 is 0 Å². The largest absolute Gasteiger partial charge is 0.478 e. The molecular formula is C25H25FN2O2. The van der Waals surface area contributed by atoms with Crippen LogP contribution in [-0.4, -0.2) is 17.5 Å². The molecule has 0 spiro atoms. The molecule has 0 aliphatic carbocycles. The number of benzene rings is 2. The number of carbonyl (C=O) groups excluding carboxylic acids is 1. The Morgan fingerprint density at radius 2 is 2.03 bits per heavy atom. The molecular weight excluding hydrogens is 379 g/mol. The van der Waals surface area contributed by atoms with E-state index in [0.29, 0.717) is 11.1 Å². The van der Waals surface area contributed by atoms with E-state index < -0.39 is 5.82 Å². The van der Waals surface area contributed by atoms with Gasteiger partial charge in [-0.2, -0.15) is 0 Å². The number of aromatic nitrogens is 1. The molecule has 1 heterocycles. The van der Waals surface area contributed by atoms with Gasteiger partial charge in [0.25, 0.3) is 5.91 Å². The van der Waals surface area contributed by atoms with Gasteiger partial charge in [-0.1, -0.05) is 49.8 Å². The molecule has 0 aliphatic heterocycles. The lowest BCUT2D eigenvalue weighted by molar-refractivity contribution is 0.0950. The fourth-order valence-electron chi connectivity index (χ4n) is 3.02. The summed E-state index contributed by atoms with van der Waals surface area (Å²) < 4.78 is 20.1. The quantitative estimate of drug-likeness (QED) is 0.411. The minimum atomic E-state index is -0.478. The number of hydrogen-bond acceptors (Lipinski definition) is 3. The monoisotopic (exact) mass is 404 g/mol. The first-order chi connectivity index (χ1) is 14.7. The maximum absolute atomic E-state index is 14.7. The topological polar surface area (TPSA) is 51.2 Å². The molecule has 5 heteroatoms. The van der Waals surface area contributed by atoms with Gasteiger partial charge in [0.15, 0.2) is 11.6 Å². The predicted molar refractivity (Wildman–Crippen MR) is 117 cm³/mol. The van der Waals surface area contributed by atoms with Crippen molar-refractivity contribution in [2.75, 3.05) is 6.61 Å². The molecule has 3 rings (SSSR count). The van der Waals surface area contributed by atoms with Crippen LogP contribution in [0.15, 0.2) is 54.7 Å². The highest BCUT2D eigenvalue weighted by Gasteiger charge is 2.11. The van der Waals surface area contributed by atoms with E-state index in [9.17, 15) is 9.18 Å². The Labute approximate surface area is 176 Å². The Balaban J connectivity index is 1.57. The zero-order chi connectivity index (χ0) is 21.2. The highest BCUT2D eigenvalue weighted by atomic mass is 19.1. The Morgan fingerprint density at radius 3 is 2.90 bits per heavy atom. The lowest BCUT2D eigenvalue weighted by atomic mass is 10.1. The number of carbonyl (C=O) groups is 1. The maximum Gasteiger partial charge on any atom is 0.251 e. The van der Waals surface area contributed by atoms with Crippen LogP contribution in [0.3, 0.4) is 0 Å². The van der Waals surface area contributed by atoms with Gasteiger partial charge in [-0.15, -0.1) is 0 Å². The van der Waals surface area contributed by atoms with Crippen LogP contribution < -0.4 is 10.1 Å². The highest BCUT2D eigenvalue weighted by molar-refractivity contribution is 5.97. The third-order valence-corrected chi connectivity index (χ3v) is 4.68. The van der Waals surface area contributed by atoms with Crippen molar-refractivity contribution in [3.63, 3.8) is 0 Å². The summed E-state index contributed by atoms with van der Waals surface area (Å²) in [5.74, 6) is 5.34. The molecule has 0 unspecified atom stereocenters. The molecule has 1 aromatic heterocycles. The molecule has 1 amide bonds.